The van der Waals surface area contributed by atoms with Crippen molar-refractivity contribution < 1.29 is 5.11 Å². The molecule has 5 heteroatoms. The molecule has 10 rings (SSSR count). The minimum absolute atomic E-state index is 0.0734. The van der Waals surface area contributed by atoms with Crippen LogP contribution in [0.5, 0.6) is 5.75 Å². The molecule has 72 heavy (non-hydrogen) atoms. The Morgan fingerprint density at radius 1 is 0.528 bits per heavy atom. The van der Waals surface area contributed by atoms with Crippen LogP contribution in [0.4, 0.5) is 0 Å². The van der Waals surface area contributed by atoms with Crippen molar-refractivity contribution in [2.45, 2.75) is 150 Å². The molecule has 1 spiro atoms. The van der Waals surface area contributed by atoms with E-state index in [1.165, 1.54) is 57.9 Å². The van der Waals surface area contributed by atoms with E-state index in [2.05, 4.69) is 242 Å². The summed E-state index contributed by atoms with van der Waals surface area (Å²) in [5, 5.41) is 14.4. The van der Waals surface area contributed by atoms with Gasteiger partial charge in [-0.3, -0.25) is 9.55 Å². The van der Waals surface area contributed by atoms with E-state index in [-0.39, 0.29) is 38.2 Å². The Labute approximate surface area is 432 Å². The SMILES string of the molecule is CC1(C)CC(C)(C)C[Si]2(C1)CC(C)(C)c1c(-c3cccc4c3nc(-c3cc(C(C)(C)C)cc(C(C)(C)C)c3O)n4-c3ccc(C(C)(C)C)cc3-c3ccccc3)cc(-c3cc(-c4ccccc4)ccn3)cc12. The van der Waals surface area contributed by atoms with E-state index in [9.17, 15) is 5.11 Å². The third-order valence-corrected chi connectivity index (χ3v) is 22.5. The number of rotatable bonds is 6. The minimum atomic E-state index is -2.14. The first-order chi connectivity index (χ1) is 33.6. The normalized spacial score (nSPS) is 17.1. The van der Waals surface area contributed by atoms with Crippen molar-refractivity contribution >= 4 is 24.3 Å². The van der Waals surface area contributed by atoms with E-state index >= 15 is 0 Å². The molecule has 2 aliphatic rings. The average molecular weight is 968 g/mol. The maximum atomic E-state index is 12.8. The molecule has 4 heterocycles. The van der Waals surface area contributed by atoms with Gasteiger partial charge in [0.2, 0.25) is 0 Å². The summed E-state index contributed by atoms with van der Waals surface area (Å²) in [7, 11) is -2.14. The topological polar surface area (TPSA) is 50.9 Å². The summed E-state index contributed by atoms with van der Waals surface area (Å²) in [4.78, 5) is 11.1. The van der Waals surface area contributed by atoms with Crippen molar-refractivity contribution in [1.29, 1.82) is 0 Å². The van der Waals surface area contributed by atoms with Crippen LogP contribution in [0.1, 0.15) is 133 Å². The van der Waals surface area contributed by atoms with Gasteiger partial charge in [0, 0.05) is 28.5 Å². The minimum Gasteiger partial charge on any atom is -0.507 e. The van der Waals surface area contributed by atoms with Gasteiger partial charge in [-0.2, -0.15) is 0 Å². The van der Waals surface area contributed by atoms with E-state index in [1.807, 2.05) is 6.20 Å². The first-order valence-corrected chi connectivity index (χ1v) is 29.1. The number of nitrogens with zero attached hydrogens (tertiary/aromatic N) is 3. The van der Waals surface area contributed by atoms with Gasteiger partial charge >= 0.3 is 0 Å². The highest BCUT2D eigenvalue weighted by atomic mass is 28.3. The van der Waals surface area contributed by atoms with Gasteiger partial charge in [0.1, 0.15) is 11.6 Å². The highest BCUT2D eigenvalue weighted by Gasteiger charge is 2.57. The summed E-state index contributed by atoms with van der Waals surface area (Å²) >= 11 is 0. The number of hydrogen-bond acceptors (Lipinski definition) is 3. The summed E-state index contributed by atoms with van der Waals surface area (Å²) in [6.45, 7) is 35.4. The van der Waals surface area contributed by atoms with Crippen LogP contribution in [-0.4, -0.2) is 27.7 Å². The van der Waals surface area contributed by atoms with Crippen molar-refractivity contribution in [3.05, 3.63) is 162 Å². The second-order valence-corrected chi connectivity index (χ2v) is 31.3. The average Bonchev–Trinajstić information content (AvgIpc) is 3.78. The lowest BCUT2D eigenvalue weighted by atomic mass is 9.76. The number of fused-ring (bicyclic) bond motifs is 3. The zero-order chi connectivity index (χ0) is 51.6. The fraction of sp³-hybridized carbons (Fsp3) is 0.373. The smallest absolute Gasteiger partial charge is 0.149 e. The van der Waals surface area contributed by atoms with Crippen molar-refractivity contribution in [3.63, 3.8) is 0 Å². The summed E-state index contributed by atoms with van der Waals surface area (Å²) < 4.78 is 2.37. The number of imidazole rings is 1. The van der Waals surface area contributed by atoms with E-state index < -0.39 is 8.07 Å². The number of hydrogen-bond donors (Lipinski definition) is 1. The Morgan fingerprint density at radius 3 is 1.78 bits per heavy atom. The molecule has 0 aliphatic carbocycles. The zero-order valence-corrected chi connectivity index (χ0v) is 46.9. The molecule has 1 N–H and O–H groups in total. The molecule has 4 nitrogen and oxygen atoms in total. The Hall–Kier alpha value is -6.04. The fourth-order valence-corrected chi connectivity index (χ4v) is 22.0. The molecule has 2 aliphatic heterocycles. The number of aromatic nitrogens is 3. The van der Waals surface area contributed by atoms with Crippen LogP contribution in [0.2, 0.25) is 18.1 Å². The maximum absolute atomic E-state index is 12.8. The zero-order valence-electron chi connectivity index (χ0n) is 45.9. The third-order valence-electron chi connectivity index (χ3n) is 16.1. The molecule has 2 aromatic heterocycles. The van der Waals surface area contributed by atoms with Gasteiger partial charge in [0.25, 0.3) is 0 Å². The summed E-state index contributed by atoms with van der Waals surface area (Å²) in [6.07, 6.45) is 3.22. The lowest BCUT2D eigenvalue weighted by Crippen LogP contribution is -2.55. The largest absolute Gasteiger partial charge is 0.507 e. The molecule has 0 saturated carbocycles. The van der Waals surface area contributed by atoms with Crippen LogP contribution in [-0.2, 0) is 21.7 Å². The number of benzene rings is 6. The van der Waals surface area contributed by atoms with Crippen LogP contribution in [0.15, 0.2) is 140 Å². The Kier molecular flexibility index (Phi) is 11.7. The van der Waals surface area contributed by atoms with Gasteiger partial charge < -0.3 is 5.11 Å². The van der Waals surface area contributed by atoms with Crippen molar-refractivity contribution in [2.75, 3.05) is 0 Å². The molecule has 0 unspecified atom stereocenters. The van der Waals surface area contributed by atoms with E-state index in [4.69, 9.17) is 9.97 Å². The fourth-order valence-electron chi connectivity index (χ4n) is 13.8. The molecule has 1 saturated heterocycles. The first-order valence-electron chi connectivity index (χ1n) is 26.5. The third kappa shape index (κ3) is 8.88. The molecule has 0 amide bonds. The number of phenols is 1. The standard InChI is InChI=1S/C67H77N3OSi/c1-62(2,3)47-29-30-55(50(36-47)44-25-20-17-21-26-44)70-56-28-22-27-49(59(56)69-61(70)52-37-48(63(4,5)6)38-53(60(52)71)64(7,8)9)51-33-46(54-34-45(31-32-68-54)43-23-18-16-19-24-43)35-57-58(51)67(14,15)42-72(57)40-65(10,11)39-66(12,13)41-72/h16-38,71H,39-42H2,1-15H3. The molecule has 8 aromatic rings. The van der Waals surface area contributed by atoms with Gasteiger partial charge in [-0.1, -0.05) is 200 Å². The molecule has 0 bridgehead atoms. The van der Waals surface area contributed by atoms with Gasteiger partial charge in [-0.05, 0) is 138 Å². The number of pyridine rings is 1. The Bertz CT molecular complexity index is 3370. The molecule has 370 valence electrons. The van der Waals surface area contributed by atoms with Crippen LogP contribution < -0.4 is 5.19 Å². The number of para-hydroxylation sites is 1. The van der Waals surface area contributed by atoms with Gasteiger partial charge in [-0.25, -0.2) is 4.98 Å². The van der Waals surface area contributed by atoms with Crippen molar-refractivity contribution in [2.24, 2.45) is 10.8 Å². The summed E-state index contributed by atoms with van der Waals surface area (Å²) in [5.41, 5.74) is 17.5. The van der Waals surface area contributed by atoms with Crippen LogP contribution in [0, 0.1) is 10.8 Å². The first kappa shape index (κ1) is 49.5. The summed E-state index contributed by atoms with van der Waals surface area (Å²) in [6, 6.07) is 53.0. The van der Waals surface area contributed by atoms with Gasteiger partial charge in [0.15, 0.2) is 0 Å². The molecular formula is C67H77N3OSi. The van der Waals surface area contributed by atoms with Crippen molar-refractivity contribution in [1.82, 2.24) is 14.5 Å². The predicted molar refractivity (Wildman–Crippen MR) is 309 cm³/mol. The van der Waals surface area contributed by atoms with Crippen molar-refractivity contribution in [3.8, 4) is 67.5 Å². The van der Waals surface area contributed by atoms with Gasteiger partial charge in [-0.15, -0.1) is 0 Å². The number of aromatic hydroxyl groups is 1. The van der Waals surface area contributed by atoms with Crippen LogP contribution in [0.3, 0.4) is 0 Å². The highest BCUT2D eigenvalue weighted by Crippen LogP contribution is 2.59. The van der Waals surface area contributed by atoms with E-state index in [0.717, 1.165) is 61.6 Å². The predicted octanol–water partition coefficient (Wildman–Crippen LogP) is 17.8. The highest BCUT2D eigenvalue weighted by molar-refractivity contribution is 6.94. The maximum Gasteiger partial charge on any atom is 0.149 e. The second kappa shape index (κ2) is 17.0. The summed E-state index contributed by atoms with van der Waals surface area (Å²) in [5.74, 6) is 1.02. The monoisotopic (exact) mass is 968 g/mol. The van der Waals surface area contributed by atoms with Crippen LogP contribution >= 0.6 is 0 Å². The Morgan fingerprint density at radius 2 is 1.15 bits per heavy atom. The van der Waals surface area contributed by atoms with Gasteiger partial charge in [0.05, 0.1) is 36.1 Å². The molecule has 0 atom stereocenters. The lowest BCUT2D eigenvalue weighted by molar-refractivity contribution is 0.208. The second-order valence-electron chi connectivity index (χ2n) is 27.2. The number of phenolic OH excluding ortho intramolecular Hbond substituents is 1. The van der Waals surface area contributed by atoms with E-state index in [0.29, 0.717) is 0 Å². The van der Waals surface area contributed by atoms with E-state index in [1.54, 1.807) is 5.19 Å². The quantitative estimate of drug-likeness (QED) is 0.169. The molecule has 1 fully saturated rings. The van der Waals surface area contributed by atoms with Crippen LogP contribution in [0.25, 0.3) is 72.7 Å². The molecular weight excluding hydrogens is 891 g/mol. The Balaban J connectivity index is 1.34. The molecule has 0 radical (unpaired) electrons. The lowest BCUT2D eigenvalue weighted by Gasteiger charge is -2.50. The molecule has 6 aromatic carbocycles.